The van der Waals surface area contributed by atoms with E-state index in [0.29, 0.717) is 35.1 Å². The molecular weight excluding hydrogens is 354 g/mol. The summed E-state index contributed by atoms with van der Waals surface area (Å²) in [4.78, 5) is 23.8. The molecule has 2 N–H and O–H groups in total. The van der Waals surface area contributed by atoms with E-state index in [4.69, 9.17) is 16.3 Å². The Morgan fingerprint density at radius 1 is 0.923 bits per heavy atom. The summed E-state index contributed by atoms with van der Waals surface area (Å²) in [5.74, 6) is -1.21. The van der Waals surface area contributed by atoms with Gasteiger partial charge in [0.2, 0.25) is 5.91 Å². The van der Waals surface area contributed by atoms with Crippen molar-refractivity contribution < 1.29 is 19.4 Å². The van der Waals surface area contributed by atoms with Gasteiger partial charge < -0.3 is 15.2 Å². The molecule has 0 aromatic heterocycles. The molecule has 0 heterocycles. The van der Waals surface area contributed by atoms with Crippen LogP contribution in [0.4, 0.5) is 5.69 Å². The van der Waals surface area contributed by atoms with E-state index in [-0.39, 0.29) is 5.91 Å². The third kappa shape index (κ3) is 4.43. The highest BCUT2D eigenvalue weighted by molar-refractivity contribution is 6.30. The Morgan fingerprint density at radius 3 is 2.04 bits per heavy atom. The number of carboxylic acids is 1. The van der Waals surface area contributed by atoms with Crippen LogP contribution >= 0.6 is 11.6 Å². The van der Waals surface area contributed by atoms with Gasteiger partial charge in [0.15, 0.2) is 0 Å². The number of anilines is 1. The molecular formula is C20H18ClNO4. The molecule has 6 heteroatoms. The maximum Gasteiger partial charge on any atom is 0.307 e. The minimum atomic E-state index is -0.943. The van der Waals surface area contributed by atoms with Gasteiger partial charge in [-0.3, -0.25) is 9.59 Å². The summed E-state index contributed by atoms with van der Waals surface area (Å²) in [5, 5.41) is 12.7. The van der Waals surface area contributed by atoms with Gasteiger partial charge in [0.05, 0.1) is 11.8 Å². The lowest BCUT2D eigenvalue weighted by atomic mass is 9.82. The van der Waals surface area contributed by atoms with Crippen LogP contribution in [0.25, 0.3) is 0 Å². The van der Waals surface area contributed by atoms with Gasteiger partial charge in [0, 0.05) is 10.7 Å². The second-order valence-electron chi connectivity index (χ2n) is 6.06. The zero-order chi connectivity index (χ0) is 18.5. The molecule has 0 spiro atoms. The van der Waals surface area contributed by atoms with Gasteiger partial charge >= 0.3 is 5.97 Å². The van der Waals surface area contributed by atoms with Gasteiger partial charge in [-0.25, -0.2) is 0 Å². The average Bonchev–Trinajstić information content (AvgIpc) is 2.65. The molecule has 0 bridgehead atoms. The molecule has 1 amide bonds. The average molecular weight is 372 g/mol. The van der Waals surface area contributed by atoms with Crippen molar-refractivity contribution in [2.45, 2.75) is 12.8 Å². The van der Waals surface area contributed by atoms with Crippen molar-refractivity contribution in [1.29, 1.82) is 0 Å². The second kappa shape index (κ2) is 8.06. The Morgan fingerprint density at radius 2 is 1.46 bits per heavy atom. The van der Waals surface area contributed by atoms with Crippen molar-refractivity contribution in [3.05, 3.63) is 65.7 Å². The predicted octanol–water partition coefficient (Wildman–Crippen LogP) is 4.74. The van der Waals surface area contributed by atoms with Crippen LogP contribution in [-0.4, -0.2) is 17.0 Å². The SMILES string of the molecule is O=C(Nc1ccc(Oc2ccc(Cl)cc2)cc1)[C@H]1CC=CC[C@H]1C(=O)O. The monoisotopic (exact) mass is 371 g/mol. The fourth-order valence-electron chi connectivity index (χ4n) is 2.86. The van der Waals surface area contributed by atoms with Crippen LogP contribution in [-0.2, 0) is 9.59 Å². The largest absolute Gasteiger partial charge is 0.481 e. The van der Waals surface area contributed by atoms with Crippen molar-refractivity contribution in [3.8, 4) is 11.5 Å². The number of carbonyl (C=O) groups is 2. The molecule has 0 unspecified atom stereocenters. The van der Waals surface area contributed by atoms with E-state index >= 15 is 0 Å². The highest BCUT2D eigenvalue weighted by Crippen LogP contribution is 2.28. The van der Waals surface area contributed by atoms with Crippen molar-refractivity contribution in [2.24, 2.45) is 11.8 Å². The van der Waals surface area contributed by atoms with Gasteiger partial charge in [0.25, 0.3) is 0 Å². The second-order valence-corrected chi connectivity index (χ2v) is 6.50. The molecule has 134 valence electrons. The van der Waals surface area contributed by atoms with E-state index in [1.54, 1.807) is 48.5 Å². The summed E-state index contributed by atoms with van der Waals surface area (Å²) >= 11 is 5.84. The minimum absolute atomic E-state index is 0.284. The summed E-state index contributed by atoms with van der Waals surface area (Å²) < 4.78 is 5.70. The Kier molecular flexibility index (Phi) is 5.58. The van der Waals surface area contributed by atoms with E-state index in [1.165, 1.54) is 0 Å². The third-order valence-electron chi connectivity index (χ3n) is 4.26. The van der Waals surface area contributed by atoms with Gasteiger partial charge in [-0.15, -0.1) is 0 Å². The Bertz CT molecular complexity index is 815. The molecule has 1 aliphatic carbocycles. The molecule has 0 radical (unpaired) electrons. The number of ether oxygens (including phenoxy) is 1. The number of amides is 1. The maximum atomic E-state index is 12.4. The molecule has 2 aromatic carbocycles. The van der Waals surface area contributed by atoms with Crippen molar-refractivity contribution in [1.82, 2.24) is 0 Å². The zero-order valence-electron chi connectivity index (χ0n) is 13.9. The van der Waals surface area contributed by atoms with E-state index in [2.05, 4.69) is 5.32 Å². The molecule has 1 aliphatic rings. The summed E-state index contributed by atoms with van der Waals surface area (Å²) in [5.41, 5.74) is 0.595. The molecule has 0 saturated carbocycles. The van der Waals surface area contributed by atoms with Gasteiger partial charge in [0.1, 0.15) is 11.5 Å². The van der Waals surface area contributed by atoms with Crippen LogP contribution < -0.4 is 10.1 Å². The standard InChI is InChI=1S/C20H18ClNO4/c21-13-5-9-15(10-6-13)26-16-11-7-14(8-12-16)22-19(23)17-3-1-2-4-18(17)20(24)25/h1-2,5-12,17-18H,3-4H2,(H,22,23)(H,24,25)/t17-,18+/m0/s1. The van der Waals surface area contributed by atoms with Gasteiger partial charge in [-0.05, 0) is 61.4 Å². The van der Waals surface area contributed by atoms with Gasteiger partial charge in [-0.2, -0.15) is 0 Å². The number of carboxylic acid groups (broad SMARTS) is 1. The van der Waals surface area contributed by atoms with Crippen molar-refractivity contribution >= 4 is 29.2 Å². The molecule has 0 aliphatic heterocycles. The fourth-order valence-corrected chi connectivity index (χ4v) is 2.98. The first-order valence-electron chi connectivity index (χ1n) is 8.25. The predicted molar refractivity (Wildman–Crippen MR) is 99.6 cm³/mol. The van der Waals surface area contributed by atoms with Crippen LogP contribution in [0.3, 0.4) is 0 Å². The molecule has 0 fully saturated rings. The minimum Gasteiger partial charge on any atom is -0.481 e. The lowest BCUT2D eigenvalue weighted by Gasteiger charge is -2.24. The van der Waals surface area contributed by atoms with Crippen LogP contribution in [0.1, 0.15) is 12.8 Å². The summed E-state index contributed by atoms with van der Waals surface area (Å²) in [6.45, 7) is 0. The zero-order valence-corrected chi connectivity index (χ0v) is 14.6. The number of carbonyl (C=O) groups excluding carboxylic acids is 1. The van der Waals surface area contributed by atoms with E-state index in [9.17, 15) is 14.7 Å². The highest BCUT2D eigenvalue weighted by Gasteiger charge is 2.33. The molecule has 5 nitrogen and oxygen atoms in total. The number of hydrogen-bond acceptors (Lipinski definition) is 3. The third-order valence-corrected chi connectivity index (χ3v) is 4.51. The summed E-state index contributed by atoms with van der Waals surface area (Å²) in [7, 11) is 0. The van der Waals surface area contributed by atoms with Crippen molar-refractivity contribution in [2.75, 3.05) is 5.32 Å². The van der Waals surface area contributed by atoms with Crippen LogP contribution in [0, 0.1) is 11.8 Å². The number of benzene rings is 2. The topological polar surface area (TPSA) is 75.6 Å². The lowest BCUT2D eigenvalue weighted by Crippen LogP contribution is -2.34. The van der Waals surface area contributed by atoms with Gasteiger partial charge in [-0.1, -0.05) is 23.8 Å². The van der Waals surface area contributed by atoms with Crippen LogP contribution in [0.2, 0.25) is 5.02 Å². The molecule has 0 saturated heterocycles. The number of hydrogen-bond donors (Lipinski definition) is 2. The quantitative estimate of drug-likeness (QED) is 0.744. The summed E-state index contributed by atoms with van der Waals surface area (Å²) in [6.07, 6.45) is 4.47. The first-order valence-corrected chi connectivity index (χ1v) is 8.63. The van der Waals surface area contributed by atoms with E-state index in [1.807, 2.05) is 12.2 Å². The Hall–Kier alpha value is -2.79. The first-order chi connectivity index (χ1) is 12.5. The normalized spacial score (nSPS) is 19.0. The number of rotatable bonds is 5. The molecule has 2 atom stereocenters. The maximum absolute atomic E-state index is 12.4. The van der Waals surface area contributed by atoms with Crippen LogP contribution in [0.5, 0.6) is 11.5 Å². The molecule has 3 rings (SSSR count). The first kappa shape index (κ1) is 18.0. The number of aliphatic carboxylic acids is 1. The number of allylic oxidation sites excluding steroid dienone is 2. The van der Waals surface area contributed by atoms with Crippen LogP contribution in [0.15, 0.2) is 60.7 Å². The van der Waals surface area contributed by atoms with E-state index in [0.717, 1.165) is 0 Å². The number of halogens is 1. The highest BCUT2D eigenvalue weighted by atomic mass is 35.5. The Labute approximate surface area is 156 Å². The summed E-state index contributed by atoms with van der Waals surface area (Å²) in [6, 6.07) is 13.9. The number of nitrogens with one attached hydrogen (secondary N) is 1. The molecule has 26 heavy (non-hydrogen) atoms. The Balaban J connectivity index is 1.63. The van der Waals surface area contributed by atoms with Crippen molar-refractivity contribution in [3.63, 3.8) is 0 Å². The smallest absolute Gasteiger partial charge is 0.307 e. The van der Waals surface area contributed by atoms with E-state index < -0.39 is 17.8 Å². The fraction of sp³-hybridized carbons (Fsp3) is 0.200. The lowest BCUT2D eigenvalue weighted by molar-refractivity contribution is -0.146. The molecule has 2 aromatic rings.